The largest absolute Gasteiger partial charge is 0.332 e. The van der Waals surface area contributed by atoms with E-state index in [2.05, 4.69) is 20.7 Å². The lowest BCUT2D eigenvalue weighted by molar-refractivity contribution is 0.102. The van der Waals surface area contributed by atoms with Crippen LogP contribution in [0.25, 0.3) is 0 Å². The molecule has 0 aliphatic rings. The second kappa shape index (κ2) is 6.39. The molecule has 0 unspecified atom stereocenters. The van der Waals surface area contributed by atoms with E-state index < -0.39 is 0 Å². The molecule has 0 aliphatic heterocycles. The van der Waals surface area contributed by atoms with Crippen LogP contribution in [0.3, 0.4) is 0 Å². The van der Waals surface area contributed by atoms with Crippen LogP contribution in [-0.2, 0) is 7.05 Å². The van der Waals surface area contributed by atoms with Crippen molar-refractivity contribution in [2.45, 2.75) is 6.92 Å². The number of hydrogen-bond acceptors (Lipinski definition) is 5. The summed E-state index contributed by atoms with van der Waals surface area (Å²) >= 11 is 7.43. The van der Waals surface area contributed by atoms with Gasteiger partial charge >= 0.3 is 0 Å². The van der Waals surface area contributed by atoms with Gasteiger partial charge in [-0.1, -0.05) is 11.6 Å². The van der Waals surface area contributed by atoms with E-state index in [4.69, 9.17) is 11.6 Å². The van der Waals surface area contributed by atoms with Crippen LogP contribution in [0.15, 0.2) is 35.7 Å². The van der Waals surface area contributed by atoms with E-state index in [0.29, 0.717) is 10.8 Å². The lowest BCUT2D eigenvalue weighted by Gasteiger charge is -2.06. The summed E-state index contributed by atoms with van der Waals surface area (Å²) in [6.45, 7) is 1.95. The van der Waals surface area contributed by atoms with E-state index in [1.54, 1.807) is 18.4 Å². The third-order valence-corrected chi connectivity index (χ3v) is 4.30. The molecule has 1 amide bonds. The summed E-state index contributed by atoms with van der Waals surface area (Å²) in [5.41, 5.74) is 2.84. The van der Waals surface area contributed by atoms with Gasteiger partial charge in [-0.05, 0) is 31.2 Å². The summed E-state index contributed by atoms with van der Waals surface area (Å²) in [6.07, 6.45) is 0. The molecule has 0 atom stereocenters. The molecule has 0 saturated carbocycles. The van der Waals surface area contributed by atoms with Gasteiger partial charge in [0.1, 0.15) is 5.15 Å². The summed E-state index contributed by atoms with van der Waals surface area (Å²) in [5.74, 6) is -0.302. The minimum atomic E-state index is -0.302. The van der Waals surface area contributed by atoms with E-state index in [-0.39, 0.29) is 11.6 Å². The molecule has 3 aromatic rings. The number of carbonyl (C=O) groups is 1. The number of nitrogens with one attached hydrogen (secondary N) is 2. The monoisotopic (exact) mass is 347 g/mol. The van der Waals surface area contributed by atoms with Gasteiger partial charge in [0.15, 0.2) is 10.8 Å². The molecule has 3 rings (SSSR count). The minimum absolute atomic E-state index is 0.276. The number of halogens is 1. The SMILES string of the molecule is Cc1csc(Nc2ccc(NC(=O)c3cc(Cl)n(C)n3)cc2)n1. The molecule has 8 heteroatoms. The fraction of sp³-hybridized carbons (Fsp3) is 0.133. The standard InChI is InChI=1S/C15H14ClN5OS/c1-9-8-23-15(17-9)19-11-5-3-10(4-6-11)18-14(22)12-7-13(16)21(2)20-12/h3-8H,1-2H3,(H,17,19)(H,18,22). The number of rotatable bonds is 4. The van der Waals surface area contributed by atoms with E-state index in [1.807, 2.05) is 36.6 Å². The third kappa shape index (κ3) is 3.69. The molecular weight excluding hydrogens is 334 g/mol. The lowest BCUT2D eigenvalue weighted by Crippen LogP contribution is -2.12. The van der Waals surface area contributed by atoms with E-state index in [9.17, 15) is 4.79 Å². The Balaban J connectivity index is 1.66. The van der Waals surface area contributed by atoms with Gasteiger partial charge in [0.05, 0.1) is 5.69 Å². The molecule has 0 saturated heterocycles. The number of amides is 1. The van der Waals surface area contributed by atoms with Crippen LogP contribution in [0.1, 0.15) is 16.2 Å². The van der Waals surface area contributed by atoms with Gasteiger partial charge in [0.2, 0.25) is 0 Å². The highest BCUT2D eigenvalue weighted by Crippen LogP contribution is 2.22. The lowest BCUT2D eigenvalue weighted by atomic mass is 10.2. The van der Waals surface area contributed by atoms with E-state index >= 15 is 0 Å². The summed E-state index contributed by atoms with van der Waals surface area (Å²) in [7, 11) is 1.68. The number of nitrogens with zero attached hydrogens (tertiary/aromatic N) is 3. The predicted molar refractivity (Wildman–Crippen MR) is 92.7 cm³/mol. The number of benzene rings is 1. The van der Waals surface area contributed by atoms with E-state index in [1.165, 1.54) is 10.7 Å². The molecule has 1 aromatic carbocycles. The van der Waals surface area contributed by atoms with Crippen LogP contribution in [0.4, 0.5) is 16.5 Å². The minimum Gasteiger partial charge on any atom is -0.332 e. The highest BCUT2D eigenvalue weighted by Gasteiger charge is 2.12. The number of thiazole rings is 1. The highest BCUT2D eigenvalue weighted by atomic mass is 35.5. The maximum Gasteiger partial charge on any atom is 0.276 e. The van der Waals surface area contributed by atoms with Crippen LogP contribution in [-0.4, -0.2) is 20.7 Å². The van der Waals surface area contributed by atoms with Crippen molar-refractivity contribution in [1.29, 1.82) is 0 Å². The Bertz CT molecular complexity index is 820. The maximum absolute atomic E-state index is 12.1. The first-order valence-electron chi connectivity index (χ1n) is 6.81. The Hall–Kier alpha value is -2.38. The molecule has 2 N–H and O–H groups in total. The van der Waals surface area contributed by atoms with Crippen molar-refractivity contribution in [3.8, 4) is 0 Å². The number of aryl methyl sites for hydroxylation is 2. The second-order valence-corrected chi connectivity index (χ2v) is 6.17. The van der Waals surface area contributed by atoms with Crippen molar-refractivity contribution in [3.05, 3.63) is 52.3 Å². The molecule has 2 aromatic heterocycles. The zero-order chi connectivity index (χ0) is 16.4. The summed E-state index contributed by atoms with van der Waals surface area (Å²) in [4.78, 5) is 16.4. The zero-order valence-electron chi connectivity index (χ0n) is 12.5. The van der Waals surface area contributed by atoms with Crippen molar-refractivity contribution in [3.63, 3.8) is 0 Å². The van der Waals surface area contributed by atoms with Crippen LogP contribution < -0.4 is 10.6 Å². The normalized spacial score (nSPS) is 10.6. The summed E-state index contributed by atoms with van der Waals surface area (Å²) in [6, 6.07) is 8.89. The topological polar surface area (TPSA) is 71.8 Å². The Labute approximate surface area is 142 Å². The smallest absolute Gasteiger partial charge is 0.276 e. The van der Waals surface area contributed by atoms with Gasteiger partial charge < -0.3 is 10.6 Å². The number of carbonyl (C=O) groups excluding carboxylic acids is 1. The molecule has 0 radical (unpaired) electrons. The van der Waals surface area contributed by atoms with Crippen molar-refractivity contribution in [1.82, 2.24) is 14.8 Å². The average Bonchev–Trinajstić information content (AvgIpc) is 3.07. The third-order valence-electron chi connectivity index (χ3n) is 3.07. The predicted octanol–water partition coefficient (Wildman–Crippen LogP) is 3.83. The van der Waals surface area contributed by atoms with Crippen LogP contribution in [0.5, 0.6) is 0 Å². The van der Waals surface area contributed by atoms with Crippen molar-refractivity contribution in [2.75, 3.05) is 10.6 Å². The molecule has 6 nitrogen and oxygen atoms in total. The molecule has 0 spiro atoms. The number of anilines is 3. The van der Waals surface area contributed by atoms with Gasteiger partial charge in [-0.2, -0.15) is 5.10 Å². The van der Waals surface area contributed by atoms with Crippen LogP contribution in [0, 0.1) is 6.92 Å². The number of hydrogen-bond donors (Lipinski definition) is 2. The maximum atomic E-state index is 12.1. The fourth-order valence-corrected chi connectivity index (χ4v) is 2.77. The van der Waals surface area contributed by atoms with Crippen LogP contribution >= 0.6 is 22.9 Å². The molecule has 0 aliphatic carbocycles. The molecule has 23 heavy (non-hydrogen) atoms. The molecule has 0 bridgehead atoms. The Morgan fingerprint density at radius 2 is 1.96 bits per heavy atom. The second-order valence-electron chi connectivity index (χ2n) is 4.93. The van der Waals surface area contributed by atoms with Crippen molar-refractivity contribution >= 4 is 45.4 Å². The average molecular weight is 348 g/mol. The molecule has 118 valence electrons. The number of aromatic nitrogens is 3. The van der Waals surface area contributed by atoms with E-state index in [0.717, 1.165) is 16.5 Å². The first-order valence-corrected chi connectivity index (χ1v) is 8.07. The van der Waals surface area contributed by atoms with Crippen LogP contribution in [0.2, 0.25) is 5.15 Å². The van der Waals surface area contributed by atoms with Gasteiger partial charge in [-0.25, -0.2) is 4.98 Å². The molecule has 2 heterocycles. The fourth-order valence-electron chi connectivity index (χ4n) is 1.92. The van der Waals surface area contributed by atoms with Gasteiger partial charge in [0.25, 0.3) is 5.91 Å². The first-order chi connectivity index (χ1) is 11.0. The van der Waals surface area contributed by atoms with Gasteiger partial charge in [0, 0.05) is 29.9 Å². The summed E-state index contributed by atoms with van der Waals surface area (Å²) in [5, 5.41) is 13.3. The Morgan fingerprint density at radius 1 is 1.26 bits per heavy atom. The highest BCUT2D eigenvalue weighted by molar-refractivity contribution is 7.13. The first kappa shape index (κ1) is 15.5. The van der Waals surface area contributed by atoms with Gasteiger partial charge in [-0.15, -0.1) is 11.3 Å². The summed E-state index contributed by atoms with van der Waals surface area (Å²) < 4.78 is 1.44. The zero-order valence-corrected chi connectivity index (χ0v) is 14.1. The van der Waals surface area contributed by atoms with Crippen molar-refractivity contribution in [2.24, 2.45) is 7.05 Å². The van der Waals surface area contributed by atoms with Gasteiger partial charge in [-0.3, -0.25) is 9.48 Å². The Kier molecular flexibility index (Phi) is 4.31. The molecular formula is C15H14ClN5OS. The molecule has 0 fully saturated rings. The quantitative estimate of drug-likeness (QED) is 0.752. The van der Waals surface area contributed by atoms with Crippen molar-refractivity contribution < 1.29 is 4.79 Å². The Morgan fingerprint density at radius 3 is 2.52 bits per heavy atom.